The van der Waals surface area contributed by atoms with Crippen LogP contribution in [0.2, 0.25) is 0 Å². The van der Waals surface area contributed by atoms with Crippen LogP contribution in [0.25, 0.3) is 0 Å². The first-order valence-electron chi connectivity index (χ1n) is 4.96. The highest BCUT2D eigenvalue weighted by molar-refractivity contribution is 9.10. The molecule has 1 rings (SSSR count). The minimum absolute atomic E-state index is 0.299. The zero-order valence-electron chi connectivity index (χ0n) is 9.53. The Morgan fingerprint density at radius 1 is 1.41 bits per heavy atom. The maximum absolute atomic E-state index is 12.6. The fourth-order valence-electron chi connectivity index (χ4n) is 1.61. The lowest BCUT2D eigenvalue weighted by atomic mass is 9.99. The summed E-state index contributed by atoms with van der Waals surface area (Å²) in [4.78, 5) is 0. The van der Waals surface area contributed by atoms with Crippen LogP contribution < -0.4 is 5.32 Å². The van der Waals surface area contributed by atoms with E-state index in [-0.39, 0.29) is 6.04 Å². The van der Waals surface area contributed by atoms with Gasteiger partial charge in [-0.05, 0) is 37.7 Å². The van der Waals surface area contributed by atoms with Crippen LogP contribution in [-0.2, 0) is 6.18 Å². The molecule has 0 aliphatic heterocycles. The van der Waals surface area contributed by atoms with Gasteiger partial charge in [-0.15, -0.1) is 0 Å². The van der Waals surface area contributed by atoms with Crippen LogP contribution in [0.4, 0.5) is 13.2 Å². The molecular formula is C12H13BrF3N. The summed E-state index contributed by atoms with van der Waals surface area (Å²) < 4.78 is 38.5. The van der Waals surface area contributed by atoms with E-state index >= 15 is 0 Å². The van der Waals surface area contributed by atoms with Gasteiger partial charge in [0.1, 0.15) is 0 Å². The largest absolute Gasteiger partial charge is 0.416 e. The molecule has 0 spiro atoms. The van der Waals surface area contributed by atoms with Crippen molar-refractivity contribution in [3.05, 3.63) is 46.0 Å². The van der Waals surface area contributed by atoms with Crippen LogP contribution in [0.1, 0.15) is 24.1 Å². The normalized spacial score (nSPS) is 13.5. The number of hydrogen-bond acceptors (Lipinski definition) is 1. The highest BCUT2D eigenvalue weighted by atomic mass is 79.9. The first-order chi connectivity index (χ1) is 7.77. The third kappa shape index (κ3) is 3.33. The number of halogens is 4. The van der Waals surface area contributed by atoms with Gasteiger partial charge in [0.05, 0.1) is 11.6 Å². The van der Waals surface area contributed by atoms with Crippen LogP contribution >= 0.6 is 15.9 Å². The molecule has 1 aromatic carbocycles. The zero-order chi connectivity index (χ0) is 13.2. The van der Waals surface area contributed by atoms with Crippen molar-refractivity contribution in [3.63, 3.8) is 0 Å². The summed E-state index contributed by atoms with van der Waals surface area (Å²) in [6.07, 6.45) is -4.33. The summed E-state index contributed by atoms with van der Waals surface area (Å²) >= 11 is 3.26. The maximum Gasteiger partial charge on any atom is 0.416 e. The monoisotopic (exact) mass is 307 g/mol. The second kappa shape index (κ2) is 5.23. The van der Waals surface area contributed by atoms with Crippen molar-refractivity contribution in [1.82, 2.24) is 5.32 Å². The maximum atomic E-state index is 12.6. The number of likely N-dealkylation sites (N-methyl/N-ethyl adjacent to an activating group) is 1. The van der Waals surface area contributed by atoms with E-state index in [2.05, 4.69) is 27.8 Å². The predicted molar refractivity (Wildman–Crippen MR) is 65.8 cm³/mol. The highest BCUT2D eigenvalue weighted by Crippen LogP contribution is 2.35. The molecule has 1 unspecified atom stereocenters. The number of benzene rings is 1. The van der Waals surface area contributed by atoms with Crippen LogP contribution in [0.3, 0.4) is 0 Å². The van der Waals surface area contributed by atoms with E-state index in [4.69, 9.17) is 0 Å². The van der Waals surface area contributed by atoms with Gasteiger partial charge in [-0.3, -0.25) is 0 Å². The molecule has 0 saturated heterocycles. The van der Waals surface area contributed by atoms with Gasteiger partial charge >= 0.3 is 6.18 Å². The summed E-state index contributed by atoms with van der Waals surface area (Å²) in [7, 11) is 1.69. The standard InChI is InChI=1S/C12H13BrF3N/c1-7(2)11(17-3)9-6-8(12(14,15)16)4-5-10(9)13/h4-6,11,17H,1H2,2-3H3. The molecule has 0 bridgehead atoms. The van der Waals surface area contributed by atoms with Crippen molar-refractivity contribution in [3.8, 4) is 0 Å². The average Bonchev–Trinajstić information content (AvgIpc) is 2.19. The van der Waals surface area contributed by atoms with Crippen LogP contribution in [-0.4, -0.2) is 7.05 Å². The molecule has 0 heterocycles. The quantitative estimate of drug-likeness (QED) is 0.821. The Bertz CT molecular complexity index is 426. The van der Waals surface area contributed by atoms with Gasteiger partial charge in [-0.1, -0.05) is 28.1 Å². The number of nitrogens with one attached hydrogen (secondary N) is 1. The molecule has 94 valence electrons. The molecule has 0 aromatic heterocycles. The highest BCUT2D eigenvalue weighted by Gasteiger charge is 2.31. The Balaban J connectivity index is 3.28. The lowest BCUT2D eigenvalue weighted by Crippen LogP contribution is -2.18. The zero-order valence-corrected chi connectivity index (χ0v) is 11.1. The molecule has 0 aliphatic carbocycles. The van der Waals surface area contributed by atoms with Crippen molar-refractivity contribution in [1.29, 1.82) is 0 Å². The van der Waals surface area contributed by atoms with E-state index in [1.54, 1.807) is 14.0 Å². The topological polar surface area (TPSA) is 12.0 Å². The Kier molecular flexibility index (Phi) is 4.38. The summed E-state index contributed by atoms with van der Waals surface area (Å²) in [5.74, 6) is 0. The first kappa shape index (κ1) is 14.3. The minimum atomic E-state index is -4.33. The van der Waals surface area contributed by atoms with E-state index in [0.717, 1.165) is 17.7 Å². The van der Waals surface area contributed by atoms with Crippen LogP contribution in [0.5, 0.6) is 0 Å². The molecule has 1 nitrogen and oxygen atoms in total. The molecule has 1 N–H and O–H groups in total. The van der Waals surface area contributed by atoms with Gasteiger partial charge in [-0.25, -0.2) is 0 Å². The lowest BCUT2D eigenvalue weighted by Gasteiger charge is -2.20. The summed E-state index contributed by atoms with van der Waals surface area (Å²) in [6.45, 7) is 5.54. The van der Waals surface area contributed by atoms with E-state index in [1.807, 2.05) is 0 Å². The van der Waals surface area contributed by atoms with Gasteiger partial charge in [0.2, 0.25) is 0 Å². The SMILES string of the molecule is C=C(C)C(NC)c1cc(C(F)(F)F)ccc1Br. The van der Waals surface area contributed by atoms with Crippen LogP contribution in [0, 0.1) is 0 Å². The number of rotatable bonds is 3. The van der Waals surface area contributed by atoms with E-state index in [1.165, 1.54) is 6.07 Å². The summed E-state index contributed by atoms with van der Waals surface area (Å²) in [5.41, 5.74) is 0.638. The minimum Gasteiger partial charge on any atom is -0.310 e. The van der Waals surface area contributed by atoms with Crippen molar-refractivity contribution in [2.75, 3.05) is 7.05 Å². The summed E-state index contributed by atoms with van der Waals surface area (Å²) in [6, 6.07) is 3.30. The first-order valence-corrected chi connectivity index (χ1v) is 5.76. The van der Waals surface area contributed by atoms with Gasteiger partial charge in [-0.2, -0.15) is 13.2 Å². The Labute approximate surface area is 107 Å². The molecule has 17 heavy (non-hydrogen) atoms. The van der Waals surface area contributed by atoms with Gasteiger partial charge in [0, 0.05) is 4.47 Å². The second-order valence-electron chi connectivity index (χ2n) is 3.80. The molecule has 1 atom stereocenters. The second-order valence-corrected chi connectivity index (χ2v) is 4.66. The number of alkyl halides is 3. The van der Waals surface area contributed by atoms with Crippen molar-refractivity contribution in [2.24, 2.45) is 0 Å². The third-order valence-electron chi connectivity index (χ3n) is 2.42. The predicted octanol–water partition coefficient (Wildman–Crippen LogP) is 4.30. The number of hydrogen-bond donors (Lipinski definition) is 1. The fraction of sp³-hybridized carbons (Fsp3) is 0.333. The van der Waals surface area contributed by atoms with E-state index in [9.17, 15) is 13.2 Å². The molecule has 1 aromatic rings. The Morgan fingerprint density at radius 3 is 2.41 bits per heavy atom. The Hall–Kier alpha value is -0.810. The van der Waals surface area contributed by atoms with Gasteiger partial charge in [0.15, 0.2) is 0 Å². The summed E-state index contributed by atoms with van der Waals surface area (Å²) in [5, 5.41) is 2.94. The third-order valence-corrected chi connectivity index (χ3v) is 3.14. The molecule has 0 amide bonds. The molecule has 0 fully saturated rings. The van der Waals surface area contributed by atoms with Crippen molar-refractivity contribution < 1.29 is 13.2 Å². The molecule has 0 saturated carbocycles. The molecule has 0 aliphatic rings. The van der Waals surface area contributed by atoms with E-state index < -0.39 is 11.7 Å². The molecular weight excluding hydrogens is 295 g/mol. The van der Waals surface area contributed by atoms with Crippen LogP contribution in [0.15, 0.2) is 34.8 Å². The Morgan fingerprint density at radius 2 is 2.00 bits per heavy atom. The molecule has 5 heteroatoms. The molecule has 0 radical (unpaired) electrons. The van der Waals surface area contributed by atoms with Gasteiger partial charge < -0.3 is 5.32 Å². The average molecular weight is 308 g/mol. The van der Waals surface area contributed by atoms with Gasteiger partial charge in [0.25, 0.3) is 0 Å². The smallest absolute Gasteiger partial charge is 0.310 e. The fourth-order valence-corrected chi connectivity index (χ4v) is 2.08. The van der Waals surface area contributed by atoms with E-state index in [0.29, 0.717) is 10.0 Å². The lowest BCUT2D eigenvalue weighted by molar-refractivity contribution is -0.137. The van der Waals surface area contributed by atoms with Crippen molar-refractivity contribution >= 4 is 15.9 Å². The van der Waals surface area contributed by atoms with Crippen molar-refractivity contribution in [2.45, 2.75) is 19.1 Å².